The highest BCUT2D eigenvalue weighted by Gasteiger charge is 2.33. The summed E-state index contributed by atoms with van der Waals surface area (Å²) in [5, 5.41) is 0. The lowest BCUT2D eigenvalue weighted by atomic mass is 10.2. The van der Waals surface area contributed by atoms with E-state index >= 15 is 0 Å². The van der Waals surface area contributed by atoms with Crippen molar-refractivity contribution < 1.29 is 13.2 Å². The maximum absolute atomic E-state index is 12.8. The van der Waals surface area contributed by atoms with Crippen molar-refractivity contribution in [2.24, 2.45) is 0 Å². The molecule has 1 saturated heterocycles. The summed E-state index contributed by atoms with van der Waals surface area (Å²) < 4.78 is 25.2. The number of amides is 1. The van der Waals surface area contributed by atoms with Crippen molar-refractivity contribution in [3.63, 3.8) is 0 Å². The van der Waals surface area contributed by atoms with Gasteiger partial charge < -0.3 is 9.30 Å². The number of hydrogen-bond donors (Lipinski definition) is 0. The van der Waals surface area contributed by atoms with Crippen LogP contribution >= 0.6 is 0 Å². The second-order valence-electron chi connectivity index (χ2n) is 6.65. The monoisotopic (exact) mass is 369 g/mol. The lowest BCUT2D eigenvalue weighted by Gasteiger charge is -2.23. The van der Waals surface area contributed by atoms with Crippen molar-refractivity contribution in [1.82, 2.24) is 14.3 Å². The zero-order valence-electron chi connectivity index (χ0n) is 14.4. The maximum Gasteiger partial charge on any atom is 0.255 e. The molecule has 1 aliphatic heterocycles. The van der Waals surface area contributed by atoms with Crippen LogP contribution in [-0.2, 0) is 9.84 Å². The molecule has 3 aromatic rings. The third-order valence-electron chi connectivity index (χ3n) is 4.84. The summed E-state index contributed by atoms with van der Waals surface area (Å²) in [5.74, 6) is 0.0146. The van der Waals surface area contributed by atoms with E-state index in [1.807, 2.05) is 40.9 Å². The first kappa shape index (κ1) is 16.8. The molecule has 1 amide bonds. The first-order valence-corrected chi connectivity index (χ1v) is 10.3. The number of nitrogens with zero attached hydrogens (tertiary/aromatic N) is 3. The molecule has 6 nitrogen and oxygen atoms in total. The quantitative estimate of drug-likeness (QED) is 0.710. The molecule has 134 valence electrons. The minimum absolute atomic E-state index is 0.0424. The Morgan fingerprint density at radius 3 is 2.62 bits per heavy atom. The van der Waals surface area contributed by atoms with Gasteiger partial charge in [-0.25, -0.2) is 13.4 Å². The third kappa shape index (κ3) is 3.10. The van der Waals surface area contributed by atoms with Crippen LogP contribution in [0, 0.1) is 0 Å². The van der Waals surface area contributed by atoms with Gasteiger partial charge in [0.2, 0.25) is 0 Å². The predicted octanol–water partition coefficient (Wildman–Crippen LogP) is 2.26. The van der Waals surface area contributed by atoms with Gasteiger partial charge in [-0.15, -0.1) is 0 Å². The summed E-state index contributed by atoms with van der Waals surface area (Å²) in [6.07, 6.45) is 4.13. The van der Waals surface area contributed by atoms with Crippen LogP contribution in [0.2, 0.25) is 0 Å². The van der Waals surface area contributed by atoms with Crippen LogP contribution < -0.4 is 0 Å². The summed E-state index contributed by atoms with van der Waals surface area (Å²) in [5.41, 5.74) is 3.12. The molecule has 3 heterocycles. The Morgan fingerprint density at radius 2 is 1.92 bits per heavy atom. The van der Waals surface area contributed by atoms with Gasteiger partial charge in [0.25, 0.3) is 5.91 Å². The van der Waals surface area contributed by atoms with Gasteiger partial charge in [-0.1, -0.05) is 30.3 Å². The van der Waals surface area contributed by atoms with E-state index in [1.54, 1.807) is 30.3 Å². The fourth-order valence-corrected chi connectivity index (χ4v) is 5.09. The van der Waals surface area contributed by atoms with Crippen molar-refractivity contribution in [2.45, 2.75) is 12.5 Å². The number of sulfone groups is 1. The zero-order valence-corrected chi connectivity index (χ0v) is 15.2. The summed E-state index contributed by atoms with van der Waals surface area (Å²) in [4.78, 5) is 18.9. The lowest BCUT2D eigenvalue weighted by molar-refractivity contribution is 0.0747. The minimum Gasteiger partial charge on any atom is -0.338 e. The molecular formula is C19H19N3O3S. The number of aromatic nitrogens is 2. The number of fused-ring (bicyclic) bond motifs is 1. The average Bonchev–Trinajstić information content (AvgIpc) is 3.23. The van der Waals surface area contributed by atoms with E-state index in [4.69, 9.17) is 0 Å². The van der Waals surface area contributed by atoms with Crippen molar-refractivity contribution in [3.8, 4) is 11.3 Å². The minimum atomic E-state index is -3.03. The Hall–Kier alpha value is -2.67. The van der Waals surface area contributed by atoms with Gasteiger partial charge in [0.15, 0.2) is 9.84 Å². The first-order valence-electron chi connectivity index (χ1n) is 8.45. The van der Waals surface area contributed by atoms with Crippen molar-refractivity contribution >= 4 is 21.4 Å². The van der Waals surface area contributed by atoms with Gasteiger partial charge in [-0.2, -0.15) is 0 Å². The molecule has 0 bridgehead atoms. The average molecular weight is 369 g/mol. The van der Waals surface area contributed by atoms with Crippen LogP contribution in [0.3, 0.4) is 0 Å². The maximum atomic E-state index is 12.8. The number of rotatable bonds is 3. The Morgan fingerprint density at radius 1 is 1.15 bits per heavy atom. The number of carbonyl (C=O) groups excluding carboxylic acids is 1. The number of carbonyl (C=O) groups is 1. The SMILES string of the molecule is CN(C(=O)c1ccc2nc(-c3ccccc3)cn2c1)[C@@H]1CCS(=O)(=O)C1. The van der Waals surface area contributed by atoms with Gasteiger partial charge in [0, 0.05) is 31.0 Å². The first-order chi connectivity index (χ1) is 12.4. The standard InChI is InChI=1S/C19H19N3O3S/c1-21(16-9-10-26(24,25)13-16)19(23)15-7-8-18-20-17(12-22(18)11-15)14-5-3-2-4-6-14/h2-8,11-12,16H,9-10,13H2,1H3/t16-/m1/s1. The molecule has 1 atom stereocenters. The molecule has 4 rings (SSSR count). The van der Waals surface area contributed by atoms with Crippen LogP contribution in [0.4, 0.5) is 0 Å². The zero-order chi connectivity index (χ0) is 18.3. The number of hydrogen-bond acceptors (Lipinski definition) is 4. The molecule has 0 aliphatic carbocycles. The molecule has 0 unspecified atom stereocenters. The van der Waals surface area contributed by atoms with Gasteiger partial charge in [0.05, 0.1) is 22.8 Å². The molecule has 26 heavy (non-hydrogen) atoms. The summed E-state index contributed by atoms with van der Waals surface area (Å²) in [6, 6.07) is 13.1. The van der Waals surface area contributed by atoms with Gasteiger partial charge in [-0.05, 0) is 18.6 Å². The van der Waals surface area contributed by atoms with Crippen LogP contribution in [-0.4, -0.2) is 53.2 Å². The molecule has 0 saturated carbocycles. The highest BCUT2D eigenvalue weighted by Crippen LogP contribution is 2.21. The highest BCUT2D eigenvalue weighted by atomic mass is 32.2. The summed E-state index contributed by atoms with van der Waals surface area (Å²) in [6.45, 7) is 0. The fourth-order valence-electron chi connectivity index (χ4n) is 3.32. The second kappa shape index (κ2) is 6.25. The van der Waals surface area contributed by atoms with Gasteiger partial charge in [0.1, 0.15) is 5.65 Å². The van der Waals surface area contributed by atoms with E-state index in [-0.39, 0.29) is 23.5 Å². The lowest BCUT2D eigenvalue weighted by Crippen LogP contribution is -2.37. The molecule has 7 heteroatoms. The van der Waals surface area contributed by atoms with Crippen molar-refractivity contribution in [3.05, 3.63) is 60.4 Å². The second-order valence-corrected chi connectivity index (χ2v) is 8.88. The molecule has 0 N–H and O–H groups in total. The third-order valence-corrected chi connectivity index (χ3v) is 6.59. The van der Waals surface area contributed by atoms with Gasteiger partial charge in [-0.3, -0.25) is 4.79 Å². The van der Waals surface area contributed by atoms with Crippen molar-refractivity contribution in [1.29, 1.82) is 0 Å². The molecule has 1 aliphatic rings. The number of imidazole rings is 1. The highest BCUT2D eigenvalue weighted by molar-refractivity contribution is 7.91. The Balaban J connectivity index is 1.62. The number of benzene rings is 1. The molecule has 0 radical (unpaired) electrons. The van der Waals surface area contributed by atoms with E-state index in [2.05, 4.69) is 4.98 Å². The largest absolute Gasteiger partial charge is 0.338 e. The Kier molecular flexibility index (Phi) is 4.03. The molecule has 2 aromatic heterocycles. The van der Waals surface area contributed by atoms with E-state index in [1.165, 1.54) is 0 Å². The fraction of sp³-hybridized carbons (Fsp3) is 0.263. The summed E-state index contributed by atoms with van der Waals surface area (Å²) >= 11 is 0. The van der Waals surface area contributed by atoms with Crippen molar-refractivity contribution in [2.75, 3.05) is 18.6 Å². The normalized spacial score (nSPS) is 18.9. The van der Waals surface area contributed by atoms with Crippen LogP contribution in [0.25, 0.3) is 16.9 Å². The molecule has 0 spiro atoms. The van der Waals surface area contributed by atoms with Crippen LogP contribution in [0.5, 0.6) is 0 Å². The molecule has 1 aromatic carbocycles. The van der Waals surface area contributed by atoms with Gasteiger partial charge >= 0.3 is 0 Å². The Labute approximate surface area is 152 Å². The smallest absolute Gasteiger partial charge is 0.255 e. The molecule has 1 fully saturated rings. The van der Waals surface area contributed by atoms with E-state index in [0.717, 1.165) is 16.9 Å². The molecular weight excluding hydrogens is 350 g/mol. The topological polar surface area (TPSA) is 71.8 Å². The van der Waals surface area contributed by atoms with E-state index < -0.39 is 9.84 Å². The van der Waals surface area contributed by atoms with Crippen LogP contribution in [0.1, 0.15) is 16.8 Å². The van der Waals surface area contributed by atoms with E-state index in [0.29, 0.717) is 12.0 Å². The van der Waals surface area contributed by atoms with E-state index in [9.17, 15) is 13.2 Å². The predicted molar refractivity (Wildman–Crippen MR) is 99.8 cm³/mol. The summed E-state index contributed by atoms with van der Waals surface area (Å²) in [7, 11) is -1.36. The van der Waals surface area contributed by atoms with Crippen LogP contribution in [0.15, 0.2) is 54.9 Å². The Bertz CT molecular complexity index is 1070. The number of pyridine rings is 1.